The van der Waals surface area contributed by atoms with Gasteiger partial charge in [0.2, 0.25) is 0 Å². The summed E-state index contributed by atoms with van der Waals surface area (Å²) in [5, 5.41) is 3.47. The van der Waals surface area contributed by atoms with Gasteiger partial charge in [-0.3, -0.25) is 0 Å². The maximum Gasteiger partial charge on any atom is 0.0495 e. The largest absolute Gasteiger partial charge is 0.381 e. The molecule has 0 radical (unpaired) electrons. The van der Waals surface area contributed by atoms with Gasteiger partial charge in [-0.2, -0.15) is 11.8 Å². The molecule has 0 saturated carbocycles. The Bertz CT molecular complexity index is 115. The first kappa shape index (κ1) is 11.3. The molecule has 3 heteroatoms. The third-order valence-corrected chi connectivity index (χ3v) is 3.28. The molecular formula is C10H21NOS. The van der Waals surface area contributed by atoms with Crippen molar-refractivity contribution in [2.75, 3.05) is 37.8 Å². The molecule has 0 aromatic rings. The minimum atomic E-state index is 0.825. The van der Waals surface area contributed by atoms with Crippen molar-refractivity contribution in [2.45, 2.75) is 19.8 Å². The van der Waals surface area contributed by atoms with Crippen molar-refractivity contribution in [1.82, 2.24) is 5.32 Å². The normalized spacial score (nSPS) is 22.4. The highest BCUT2D eigenvalue weighted by atomic mass is 32.2. The molecule has 1 atom stereocenters. The summed E-state index contributed by atoms with van der Waals surface area (Å²) in [4.78, 5) is 0. The van der Waals surface area contributed by atoms with Gasteiger partial charge in [0.05, 0.1) is 0 Å². The predicted octanol–water partition coefficient (Wildman–Crippen LogP) is 1.76. The zero-order valence-corrected chi connectivity index (χ0v) is 9.37. The van der Waals surface area contributed by atoms with Gasteiger partial charge in [-0.15, -0.1) is 0 Å². The van der Waals surface area contributed by atoms with E-state index in [1.165, 1.54) is 24.3 Å². The second kappa shape index (κ2) is 7.65. The van der Waals surface area contributed by atoms with Gasteiger partial charge in [0.15, 0.2) is 0 Å². The zero-order chi connectivity index (χ0) is 9.36. The molecule has 1 fully saturated rings. The van der Waals surface area contributed by atoms with Crippen molar-refractivity contribution in [3.8, 4) is 0 Å². The molecule has 1 N–H and O–H groups in total. The summed E-state index contributed by atoms with van der Waals surface area (Å²) in [7, 11) is 0. The Kier molecular flexibility index (Phi) is 6.68. The fourth-order valence-electron chi connectivity index (χ4n) is 1.53. The molecule has 1 aliphatic heterocycles. The lowest BCUT2D eigenvalue weighted by Gasteiger charge is -2.07. The average molecular weight is 203 g/mol. The van der Waals surface area contributed by atoms with Gasteiger partial charge < -0.3 is 10.1 Å². The van der Waals surface area contributed by atoms with Gasteiger partial charge >= 0.3 is 0 Å². The third kappa shape index (κ3) is 5.55. The number of rotatable bonds is 7. The van der Waals surface area contributed by atoms with E-state index in [0.29, 0.717) is 0 Å². The van der Waals surface area contributed by atoms with Crippen LogP contribution in [0.2, 0.25) is 0 Å². The van der Waals surface area contributed by atoms with E-state index in [-0.39, 0.29) is 0 Å². The first-order chi connectivity index (χ1) is 6.43. The lowest BCUT2D eigenvalue weighted by Crippen LogP contribution is -2.21. The number of hydrogen-bond acceptors (Lipinski definition) is 3. The van der Waals surface area contributed by atoms with Crippen LogP contribution in [-0.2, 0) is 4.74 Å². The van der Waals surface area contributed by atoms with E-state index < -0.39 is 0 Å². The van der Waals surface area contributed by atoms with Crippen molar-refractivity contribution in [3.05, 3.63) is 0 Å². The van der Waals surface area contributed by atoms with E-state index in [9.17, 15) is 0 Å². The smallest absolute Gasteiger partial charge is 0.0495 e. The van der Waals surface area contributed by atoms with Gasteiger partial charge in [-0.05, 0) is 31.1 Å². The molecule has 0 amide bonds. The topological polar surface area (TPSA) is 21.3 Å². The Balaban J connectivity index is 1.78. The van der Waals surface area contributed by atoms with Crippen molar-refractivity contribution in [2.24, 2.45) is 5.92 Å². The molecule has 2 nitrogen and oxygen atoms in total. The summed E-state index contributed by atoms with van der Waals surface area (Å²) in [6.07, 6.45) is 2.56. The fraction of sp³-hybridized carbons (Fsp3) is 1.00. The van der Waals surface area contributed by atoms with Crippen LogP contribution in [0.1, 0.15) is 19.8 Å². The monoisotopic (exact) mass is 203 g/mol. The second-order valence-corrected chi connectivity index (χ2v) is 4.86. The van der Waals surface area contributed by atoms with Crippen LogP contribution < -0.4 is 5.32 Å². The van der Waals surface area contributed by atoms with Gasteiger partial charge in [0.1, 0.15) is 0 Å². The van der Waals surface area contributed by atoms with Crippen LogP contribution in [0.5, 0.6) is 0 Å². The van der Waals surface area contributed by atoms with E-state index in [1.807, 2.05) is 11.8 Å². The van der Waals surface area contributed by atoms with Crippen molar-refractivity contribution < 1.29 is 4.74 Å². The van der Waals surface area contributed by atoms with Gasteiger partial charge in [-0.1, -0.05) is 6.92 Å². The summed E-state index contributed by atoms with van der Waals surface area (Å²) in [5.41, 5.74) is 0. The Morgan fingerprint density at radius 1 is 1.46 bits per heavy atom. The average Bonchev–Trinajstić information content (AvgIpc) is 2.63. The Hall–Kier alpha value is 0.270. The molecule has 1 aliphatic rings. The minimum Gasteiger partial charge on any atom is -0.381 e. The lowest BCUT2D eigenvalue weighted by atomic mass is 10.1. The number of ether oxygens (including phenoxy) is 1. The summed E-state index contributed by atoms with van der Waals surface area (Å²) in [6, 6.07) is 0. The van der Waals surface area contributed by atoms with E-state index in [2.05, 4.69) is 12.2 Å². The standard InChI is InChI=1S/C10H21NOS/c1-2-13-8-6-11-5-3-10-4-7-12-9-10/h10-11H,2-9H2,1H3. The fourth-order valence-corrected chi connectivity index (χ4v) is 2.11. The van der Waals surface area contributed by atoms with Crippen LogP contribution >= 0.6 is 11.8 Å². The molecule has 0 aromatic heterocycles. The molecule has 13 heavy (non-hydrogen) atoms. The number of nitrogens with one attached hydrogen (secondary N) is 1. The molecule has 1 rings (SSSR count). The van der Waals surface area contributed by atoms with Crippen molar-refractivity contribution >= 4 is 11.8 Å². The van der Waals surface area contributed by atoms with Gasteiger partial charge in [-0.25, -0.2) is 0 Å². The summed E-state index contributed by atoms with van der Waals surface area (Å²) in [5.74, 6) is 3.31. The molecular weight excluding hydrogens is 182 g/mol. The van der Waals surface area contributed by atoms with E-state index in [0.717, 1.165) is 32.2 Å². The first-order valence-electron chi connectivity index (χ1n) is 5.29. The zero-order valence-electron chi connectivity index (χ0n) is 8.55. The Morgan fingerprint density at radius 2 is 2.38 bits per heavy atom. The summed E-state index contributed by atoms with van der Waals surface area (Å²) < 4.78 is 5.32. The quantitative estimate of drug-likeness (QED) is 0.637. The molecule has 0 aliphatic carbocycles. The molecule has 1 unspecified atom stereocenters. The van der Waals surface area contributed by atoms with Crippen LogP contribution in [0, 0.1) is 5.92 Å². The van der Waals surface area contributed by atoms with E-state index in [4.69, 9.17) is 4.74 Å². The highest BCUT2D eigenvalue weighted by molar-refractivity contribution is 7.99. The Labute approximate surface area is 85.8 Å². The SMILES string of the molecule is CCSCCNCCC1CCOC1. The molecule has 0 aromatic carbocycles. The van der Waals surface area contributed by atoms with Crippen LogP contribution in [-0.4, -0.2) is 37.8 Å². The molecule has 1 saturated heterocycles. The number of hydrogen-bond donors (Lipinski definition) is 1. The summed E-state index contributed by atoms with van der Waals surface area (Å²) in [6.45, 7) is 6.51. The highest BCUT2D eigenvalue weighted by Gasteiger charge is 2.14. The van der Waals surface area contributed by atoms with E-state index in [1.54, 1.807) is 0 Å². The second-order valence-electron chi connectivity index (χ2n) is 3.47. The highest BCUT2D eigenvalue weighted by Crippen LogP contribution is 2.14. The minimum absolute atomic E-state index is 0.825. The van der Waals surface area contributed by atoms with Crippen LogP contribution in [0.4, 0.5) is 0 Å². The van der Waals surface area contributed by atoms with E-state index >= 15 is 0 Å². The maximum atomic E-state index is 5.32. The molecule has 0 bridgehead atoms. The Morgan fingerprint density at radius 3 is 3.08 bits per heavy atom. The summed E-state index contributed by atoms with van der Waals surface area (Å²) >= 11 is 2.00. The molecule has 78 valence electrons. The predicted molar refractivity (Wildman–Crippen MR) is 59.4 cm³/mol. The molecule has 1 heterocycles. The van der Waals surface area contributed by atoms with Crippen LogP contribution in [0.3, 0.4) is 0 Å². The van der Waals surface area contributed by atoms with Gasteiger partial charge in [0, 0.05) is 25.5 Å². The molecule has 0 spiro atoms. The number of thioether (sulfide) groups is 1. The maximum absolute atomic E-state index is 5.32. The van der Waals surface area contributed by atoms with Crippen LogP contribution in [0.25, 0.3) is 0 Å². The van der Waals surface area contributed by atoms with Crippen LogP contribution in [0.15, 0.2) is 0 Å². The van der Waals surface area contributed by atoms with Crippen molar-refractivity contribution in [1.29, 1.82) is 0 Å². The lowest BCUT2D eigenvalue weighted by molar-refractivity contribution is 0.184. The van der Waals surface area contributed by atoms with Gasteiger partial charge in [0.25, 0.3) is 0 Å². The third-order valence-electron chi connectivity index (χ3n) is 2.38. The first-order valence-corrected chi connectivity index (χ1v) is 6.45. The van der Waals surface area contributed by atoms with Crippen molar-refractivity contribution in [3.63, 3.8) is 0 Å².